The summed E-state index contributed by atoms with van der Waals surface area (Å²) in [6.45, 7) is 5.00. The molecular weight excluding hydrogens is 231 g/mol. The van der Waals surface area contributed by atoms with E-state index in [0.717, 1.165) is 25.1 Å². The van der Waals surface area contributed by atoms with E-state index in [1.807, 2.05) is 27.1 Å². The summed E-state index contributed by atoms with van der Waals surface area (Å²) in [6.07, 6.45) is 0.891. The first-order valence-electron chi connectivity index (χ1n) is 6.40. The normalized spacial score (nSPS) is 10.9. The minimum absolute atomic E-state index is 0.282. The van der Waals surface area contributed by atoms with Gasteiger partial charge in [-0.1, -0.05) is 19.1 Å². The highest BCUT2D eigenvalue weighted by molar-refractivity contribution is 5.34. The Morgan fingerprint density at radius 3 is 2.78 bits per heavy atom. The Labute approximate surface area is 109 Å². The van der Waals surface area contributed by atoms with Gasteiger partial charge in [0.2, 0.25) is 0 Å². The van der Waals surface area contributed by atoms with E-state index in [-0.39, 0.29) is 5.82 Å². The summed E-state index contributed by atoms with van der Waals surface area (Å²) in [4.78, 5) is 2.09. The van der Waals surface area contributed by atoms with Gasteiger partial charge in [0.05, 0.1) is 6.61 Å². The van der Waals surface area contributed by atoms with Crippen molar-refractivity contribution in [3.8, 4) is 5.75 Å². The van der Waals surface area contributed by atoms with Gasteiger partial charge in [-0.25, -0.2) is 4.39 Å². The predicted octanol–water partition coefficient (Wildman–Crippen LogP) is 2.27. The number of ether oxygens (including phenoxy) is 1. The number of benzene rings is 1. The predicted molar refractivity (Wildman–Crippen MR) is 72.4 cm³/mol. The molecule has 1 aromatic carbocycles. The van der Waals surface area contributed by atoms with Crippen molar-refractivity contribution in [1.82, 2.24) is 10.2 Å². The van der Waals surface area contributed by atoms with Gasteiger partial charge >= 0.3 is 0 Å². The molecule has 18 heavy (non-hydrogen) atoms. The minimum atomic E-state index is -0.282. The average molecular weight is 254 g/mol. The molecule has 1 aromatic rings. The first-order chi connectivity index (χ1) is 8.65. The Morgan fingerprint density at radius 2 is 2.11 bits per heavy atom. The second kappa shape index (κ2) is 8.06. The van der Waals surface area contributed by atoms with Crippen molar-refractivity contribution in [2.24, 2.45) is 0 Å². The van der Waals surface area contributed by atoms with E-state index in [0.29, 0.717) is 18.9 Å². The monoisotopic (exact) mass is 254 g/mol. The number of nitrogens with zero attached hydrogens (tertiary/aromatic N) is 1. The highest BCUT2D eigenvalue weighted by Crippen LogP contribution is 2.22. The van der Waals surface area contributed by atoms with Gasteiger partial charge in [-0.15, -0.1) is 0 Å². The SMILES string of the molecule is CCNCc1cccc(F)c1OCCCN(C)C. The number of hydrogen-bond donors (Lipinski definition) is 1. The number of halogens is 1. The zero-order valence-electron chi connectivity index (χ0n) is 11.5. The van der Waals surface area contributed by atoms with Gasteiger partial charge in [-0.05, 0) is 33.1 Å². The van der Waals surface area contributed by atoms with Gasteiger partial charge in [0.25, 0.3) is 0 Å². The number of hydrogen-bond acceptors (Lipinski definition) is 3. The van der Waals surface area contributed by atoms with Crippen LogP contribution in [-0.2, 0) is 6.54 Å². The van der Waals surface area contributed by atoms with Crippen LogP contribution in [0.4, 0.5) is 4.39 Å². The van der Waals surface area contributed by atoms with E-state index in [9.17, 15) is 4.39 Å². The van der Waals surface area contributed by atoms with Gasteiger partial charge in [0.1, 0.15) is 0 Å². The second-order valence-electron chi connectivity index (χ2n) is 4.51. The molecule has 1 N–H and O–H groups in total. The van der Waals surface area contributed by atoms with Crippen LogP contribution in [-0.4, -0.2) is 38.7 Å². The van der Waals surface area contributed by atoms with Crippen molar-refractivity contribution in [2.75, 3.05) is 33.8 Å². The maximum atomic E-state index is 13.7. The Morgan fingerprint density at radius 1 is 1.33 bits per heavy atom. The molecule has 102 valence electrons. The molecule has 0 aliphatic carbocycles. The standard InChI is InChI=1S/C14H23FN2O/c1-4-16-11-12-7-5-8-13(15)14(12)18-10-6-9-17(2)3/h5,7-8,16H,4,6,9-11H2,1-3H3. The molecule has 0 aromatic heterocycles. The molecule has 0 saturated heterocycles. The van der Waals surface area contributed by atoms with Crippen molar-refractivity contribution in [3.63, 3.8) is 0 Å². The van der Waals surface area contributed by atoms with E-state index in [1.165, 1.54) is 6.07 Å². The largest absolute Gasteiger partial charge is 0.490 e. The summed E-state index contributed by atoms with van der Waals surface area (Å²) >= 11 is 0. The molecule has 0 bridgehead atoms. The van der Waals surface area contributed by atoms with Crippen molar-refractivity contribution < 1.29 is 9.13 Å². The highest BCUT2D eigenvalue weighted by Gasteiger charge is 2.09. The molecule has 0 spiro atoms. The number of nitrogens with one attached hydrogen (secondary N) is 1. The quantitative estimate of drug-likeness (QED) is 0.720. The third-order valence-electron chi connectivity index (χ3n) is 2.61. The van der Waals surface area contributed by atoms with Crippen LogP contribution in [0.1, 0.15) is 18.9 Å². The van der Waals surface area contributed by atoms with Crippen LogP contribution in [0.2, 0.25) is 0 Å². The molecule has 0 aliphatic heterocycles. The fraction of sp³-hybridized carbons (Fsp3) is 0.571. The van der Waals surface area contributed by atoms with Gasteiger partial charge in [0, 0.05) is 18.7 Å². The lowest BCUT2D eigenvalue weighted by molar-refractivity contribution is 0.268. The van der Waals surface area contributed by atoms with Crippen molar-refractivity contribution >= 4 is 0 Å². The van der Waals surface area contributed by atoms with Crippen LogP contribution >= 0.6 is 0 Å². The summed E-state index contributed by atoms with van der Waals surface area (Å²) in [5.41, 5.74) is 0.877. The molecule has 0 heterocycles. The third-order valence-corrected chi connectivity index (χ3v) is 2.61. The smallest absolute Gasteiger partial charge is 0.165 e. The van der Waals surface area contributed by atoms with Crippen LogP contribution < -0.4 is 10.1 Å². The summed E-state index contributed by atoms with van der Waals surface area (Å²) in [5, 5.41) is 3.19. The molecule has 0 aliphatic rings. The summed E-state index contributed by atoms with van der Waals surface area (Å²) in [7, 11) is 4.03. The molecule has 0 amide bonds. The zero-order valence-corrected chi connectivity index (χ0v) is 11.5. The molecule has 0 radical (unpaired) electrons. The molecule has 4 heteroatoms. The average Bonchev–Trinajstić information content (AvgIpc) is 2.33. The van der Waals surface area contributed by atoms with E-state index < -0.39 is 0 Å². The van der Waals surface area contributed by atoms with Gasteiger partial charge < -0.3 is 15.0 Å². The maximum Gasteiger partial charge on any atom is 0.165 e. The molecule has 3 nitrogen and oxygen atoms in total. The number of para-hydroxylation sites is 1. The first-order valence-corrected chi connectivity index (χ1v) is 6.40. The van der Waals surface area contributed by atoms with Crippen LogP contribution in [0.3, 0.4) is 0 Å². The Kier molecular flexibility index (Phi) is 6.68. The van der Waals surface area contributed by atoms with Gasteiger partial charge in [0.15, 0.2) is 11.6 Å². The van der Waals surface area contributed by atoms with Crippen molar-refractivity contribution in [1.29, 1.82) is 0 Å². The van der Waals surface area contributed by atoms with E-state index in [4.69, 9.17) is 4.74 Å². The Bertz CT molecular complexity index is 356. The lowest BCUT2D eigenvalue weighted by Crippen LogP contribution is -2.17. The molecule has 0 atom stereocenters. The topological polar surface area (TPSA) is 24.5 Å². The van der Waals surface area contributed by atoms with Crippen LogP contribution in [0.5, 0.6) is 5.75 Å². The Balaban J connectivity index is 2.56. The highest BCUT2D eigenvalue weighted by atomic mass is 19.1. The third kappa shape index (κ3) is 5.02. The molecule has 0 unspecified atom stereocenters. The zero-order chi connectivity index (χ0) is 13.4. The fourth-order valence-corrected chi connectivity index (χ4v) is 1.67. The van der Waals surface area contributed by atoms with Crippen molar-refractivity contribution in [2.45, 2.75) is 19.9 Å². The summed E-state index contributed by atoms with van der Waals surface area (Å²) in [5.74, 6) is 0.104. The lowest BCUT2D eigenvalue weighted by atomic mass is 10.2. The summed E-state index contributed by atoms with van der Waals surface area (Å²) < 4.78 is 19.3. The van der Waals surface area contributed by atoms with Gasteiger partial charge in [-0.3, -0.25) is 0 Å². The molecular formula is C14H23FN2O. The fourth-order valence-electron chi connectivity index (χ4n) is 1.67. The minimum Gasteiger partial charge on any atom is -0.490 e. The second-order valence-corrected chi connectivity index (χ2v) is 4.51. The van der Waals surface area contributed by atoms with E-state index >= 15 is 0 Å². The summed E-state index contributed by atoms with van der Waals surface area (Å²) in [6, 6.07) is 5.05. The van der Waals surface area contributed by atoms with E-state index in [2.05, 4.69) is 10.2 Å². The van der Waals surface area contributed by atoms with E-state index in [1.54, 1.807) is 6.07 Å². The molecule has 0 fully saturated rings. The van der Waals surface area contributed by atoms with Gasteiger partial charge in [-0.2, -0.15) is 0 Å². The molecule has 0 saturated carbocycles. The Hall–Kier alpha value is -1.13. The van der Waals surface area contributed by atoms with Crippen LogP contribution in [0, 0.1) is 5.82 Å². The van der Waals surface area contributed by atoms with Crippen LogP contribution in [0.15, 0.2) is 18.2 Å². The number of rotatable bonds is 8. The molecule has 1 rings (SSSR count). The van der Waals surface area contributed by atoms with Crippen LogP contribution in [0.25, 0.3) is 0 Å². The lowest BCUT2D eigenvalue weighted by Gasteiger charge is -2.14. The van der Waals surface area contributed by atoms with Crippen molar-refractivity contribution in [3.05, 3.63) is 29.6 Å². The first kappa shape index (κ1) is 14.9. The maximum absolute atomic E-state index is 13.7.